The summed E-state index contributed by atoms with van der Waals surface area (Å²) in [5.41, 5.74) is 6.05. The Kier molecular flexibility index (Phi) is 3.62. The van der Waals surface area contributed by atoms with Crippen molar-refractivity contribution >= 4 is 22.9 Å². The molecule has 1 aromatic carbocycles. The van der Waals surface area contributed by atoms with Crippen molar-refractivity contribution in [2.24, 2.45) is 5.73 Å². The molecular weight excluding hydrogens is 251 g/mol. The van der Waals surface area contributed by atoms with Crippen LogP contribution in [0.4, 0.5) is 10.1 Å². The van der Waals surface area contributed by atoms with Crippen molar-refractivity contribution < 1.29 is 9.18 Å². The number of anilines is 1. The lowest BCUT2D eigenvalue weighted by Crippen LogP contribution is -2.26. The van der Waals surface area contributed by atoms with Gasteiger partial charge in [-0.1, -0.05) is 0 Å². The fraction of sp³-hybridized carbons (Fsp3) is 0.154. The van der Waals surface area contributed by atoms with Crippen LogP contribution in [-0.4, -0.2) is 5.91 Å². The van der Waals surface area contributed by atoms with Crippen LogP contribution in [0.2, 0.25) is 0 Å². The maximum absolute atomic E-state index is 12.8. The third-order valence-electron chi connectivity index (χ3n) is 2.49. The van der Waals surface area contributed by atoms with E-state index in [9.17, 15) is 9.18 Å². The molecule has 3 nitrogen and oxygen atoms in total. The number of carbonyl (C=O) groups is 1. The van der Waals surface area contributed by atoms with Gasteiger partial charge >= 0.3 is 0 Å². The number of halogens is 1. The van der Waals surface area contributed by atoms with Gasteiger partial charge < -0.3 is 11.1 Å². The van der Waals surface area contributed by atoms with E-state index in [2.05, 4.69) is 5.32 Å². The maximum Gasteiger partial charge on any atom is 0.245 e. The topological polar surface area (TPSA) is 55.1 Å². The van der Waals surface area contributed by atoms with E-state index < -0.39 is 11.9 Å². The van der Waals surface area contributed by atoms with Crippen molar-refractivity contribution in [3.63, 3.8) is 0 Å². The molecule has 0 saturated carbocycles. The number of nitrogens with one attached hydrogen (secondary N) is 1. The van der Waals surface area contributed by atoms with E-state index in [1.807, 2.05) is 19.1 Å². The Morgan fingerprint density at radius 3 is 2.44 bits per heavy atom. The number of carbonyl (C=O) groups excluding carboxylic acids is 1. The Hall–Kier alpha value is -1.88. The van der Waals surface area contributed by atoms with Crippen LogP contribution in [0.1, 0.15) is 15.8 Å². The minimum absolute atomic E-state index is 0.317. The molecule has 5 heteroatoms. The second-order valence-corrected chi connectivity index (χ2v) is 5.25. The molecule has 0 aliphatic rings. The number of aryl methyl sites for hydroxylation is 1. The van der Waals surface area contributed by atoms with Crippen LogP contribution in [-0.2, 0) is 4.79 Å². The molecule has 1 aromatic heterocycles. The molecule has 0 aliphatic heterocycles. The van der Waals surface area contributed by atoms with E-state index >= 15 is 0 Å². The molecule has 0 spiro atoms. The maximum atomic E-state index is 12.8. The van der Waals surface area contributed by atoms with Gasteiger partial charge in [0, 0.05) is 15.4 Å². The lowest BCUT2D eigenvalue weighted by atomic mass is 10.2. The zero-order valence-corrected chi connectivity index (χ0v) is 10.6. The first-order valence-electron chi connectivity index (χ1n) is 5.44. The first-order valence-corrected chi connectivity index (χ1v) is 6.25. The van der Waals surface area contributed by atoms with Crippen LogP contribution in [0.15, 0.2) is 36.4 Å². The van der Waals surface area contributed by atoms with Crippen LogP contribution in [0, 0.1) is 12.7 Å². The largest absolute Gasteiger partial charge is 0.369 e. The number of benzene rings is 1. The molecule has 1 unspecified atom stereocenters. The van der Waals surface area contributed by atoms with E-state index in [-0.39, 0.29) is 5.82 Å². The van der Waals surface area contributed by atoms with Crippen LogP contribution < -0.4 is 11.1 Å². The van der Waals surface area contributed by atoms with Gasteiger partial charge in [-0.25, -0.2) is 4.39 Å². The summed E-state index contributed by atoms with van der Waals surface area (Å²) >= 11 is 1.51. The standard InChI is InChI=1S/C13H13FN2OS/c1-8-2-7-11(18-8)12(13(15)17)16-10-5-3-9(14)4-6-10/h2-7,12,16H,1H3,(H2,15,17). The Morgan fingerprint density at radius 1 is 1.28 bits per heavy atom. The lowest BCUT2D eigenvalue weighted by Gasteiger charge is -2.15. The van der Waals surface area contributed by atoms with Gasteiger partial charge in [0.1, 0.15) is 11.9 Å². The molecule has 3 N–H and O–H groups in total. The van der Waals surface area contributed by atoms with Crippen molar-refractivity contribution in [3.8, 4) is 0 Å². The summed E-state index contributed by atoms with van der Waals surface area (Å²) in [7, 11) is 0. The predicted octanol–water partition coefficient (Wildman–Crippen LogP) is 2.83. The summed E-state index contributed by atoms with van der Waals surface area (Å²) < 4.78 is 12.8. The molecule has 94 valence electrons. The van der Waals surface area contributed by atoms with Crippen molar-refractivity contribution in [2.75, 3.05) is 5.32 Å². The fourth-order valence-corrected chi connectivity index (χ4v) is 2.54. The highest BCUT2D eigenvalue weighted by molar-refractivity contribution is 7.12. The van der Waals surface area contributed by atoms with Crippen LogP contribution in [0.5, 0.6) is 0 Å². The second kappa shape index (κ2) is 5.18. The lowest BCUT2D eigenvalue weighted by molar-refractivity contribution is -0.118. The van der Waals surface area contributed by atoms with Gasteiger partial charge in [-0.15, -0.1) is 11.3 Å². The average molecular weight is 264 g/mol. The van der Waals surface area contributed by atoms with Gasteiger partial charge in [0.2, 0.25) is 5.91 Å². The normalized spacial score (nSPS) is 12.1. The zero-order valence-electron chi connectivity index (χ0n) is 9.81. The Morgan fingerprint density at radius 2 is 1.94 bits per heavy atom. The van der Waals surface area contributed by atoms with Gasteiger partial charge in [0.25, 0.3) is 0 Å². The zero-order chi connectivity index (χ0) is 13.1. The summed E-state index contributed by atoms with van der Waals surface area (Å²) in [5, 5.41) is 3.00. The number of nitrogens with two attached hydrogens (primary N) is 1. The van der Waals surface area contributed by atoms with Gasteiger partial charge in [0.05, 0.1) is 0 Å². The Labute approximate surface area is 108 Å². The van der Waals surface area contributed by atoms with E-state index in [1.54, 1.807) is 12.1 Å². The van der Waals surface area contributed by atoms with Gasteiger partial charge in [-0.3, -0.25) is 4.79 Å². The van der Waals surface area contributed by atoms with E-state index in [4.69, 9.17) is 5.73 Å². The van der Waals surface area contributed by atoms with Gasteiger partial charge in [0.15, 0.2) is 0 Å². The third kappa shape index (κ3) is 2.87. The molecule has 0 aliphatic carbocycles. The average Bonchev–Trinajstić information content (AvgIpc) is 2.74. The second-order valence-electron chi connectivity index (χ2n) is 3.94. The highest BCUT2D eigenvalue weighted by atomic mass is 32.1. The molecule has 18 heavy (non-hydrogen) atoms. The van der Waals surface area contributed by atoms with Crippen molar-refractivity contribution in [1.82, 2.24) is 0 Å². The molecule has 0 bridgehead atoms. The fourth-order valence-electron chi connectivity index (χ4n) is 1.60. The molecular formula is C13H13FN2OS. The highest BCUT2D eigenvalue weighted by Gasteiger charge is 2.19. The first kappa shape index (κ1) is 12.6. The first-order chi connectivity index (χ1) is 8.56. The van der Waals surface area contributed by atoms with Crippen molar-refractivity contribution in [1.29, 1.82) is 0 Å². The van der Waals surface area contributed by atoms with Crippen LogP contribution >= 0.6 is 11.3 Å². The molecule has 0 fully saturated rings. The van der Waals surface area contributed by atoms with Crippen molar-refractivity contribution in [3.05, 3.63) is 52.0 Å². The minimum atomic E-state index is -0.589. The van der Waals surface area contributed by atoms with E-state index in [0.717, 1.165) is 9.75 Å². The third-order valence-corrected chi connectivity index (χ3v) is 3.55. The van der Waals surface area contributed by atoms with Crippen LogP contribution in [0.3, 0.4) is 0 Å². The SMILES string of the molecule is Cc1ccc(C(Nc2ccc(F)cc2)C(N)=O)s1. The van der Waals surface area contributed by atoms with Crippen LogP contribution in [0.25, 0.3) is 0 Å². The molecule has 2 aromatic rings. The summed E-state index contributed by atoms with van der Waals surface area (Å²) in [4.78, 5) is 13.4. The summed E-state index contributed by atoms with van der Waals surface area (Å²) in [6.45, 7) is 1.96. The number of hydrogen-bond acceptors (Lipinski definition) is 3. The molecule has 1 heterocycles. The number of amides is 1. The molecule has 0 radical (unpaired) electrons. The Bertz CT molecular complexity index is 550. The monoisotopic (exact) mass is 264 g/mol. The smallest absolute Gasteiger partial charge is 0.245 e. The number of hydrogen-bond donors (Lipinski definition) is 2. The minimum Gasteiger partial charge on any atom is -0.369 e. The number of primary amides is 1. The number of rotatable bonds is 4. The quantitative estimate of drug-likeness (QED) is 0.892. The van der Waals surface area contributed by atoms with Crippen molar-refractivity contribution in [2.45, 2.75) is 13.0 Å². The summed E-state index contributed by atoms with van der Waals surface area (Å²) in [6, 6.07) is 9.03. The molecule has 0 saturated heterocycles. The van der Waals surface area contributed by atoms with Gasteiger partial charge in [-0.05, 0) is 43.3 Å². The molecule has 1 amide bonds. The highest BCUT2D eigenvalue weighted by Crippen LogP contribution is 2.26. The Balaban J connectivity index is 2.22. The predicted molar refractivity (Wildman–Crippen MR) is 71.0 cm³/mol. The molecule has 2 rings (SSSR count). The number of thiophene rings is 1. The van der Waals surface area contributed by atoms with E-state index in [1.165, 1.54) is 23.5 Å². The molecule has 1 atom stereocenters. The summed E-state index contributed by atoms with van der Waals surface area (Å²) in [5.74, 6) is -0.774. The van der Waals surface area contributed by atoms with E-state index in [0.29, 0.717) is 5.69 Å². The summed E-state index contributed by atoms with van der Waals surface area (Å²) in [6.07, 6.45) is 0. The van der Waals surface area contributed by atoms with Gasteiger partial charge in [-0.2, -0.15) is 0 Å².